The molecule has 2 rings (SSSR count). The highest BCUT2D eigenvalue weighted by Gasteiger charge is 2.24. The van der Waals surface area contributed by atoms with Gasteiger partial charge in [0.1, 0.15) is 5.75 Å². The molecule has 0 heterocycles. The van der Waals surface area contributed by atoms with Gasteiger partial charge in [0, 0.05) is 19.5 Å². The van der Waals surface area contributed by atoms with Gasteiger partial charge in [-0.25, -0.2) is 0 Å². The van der Waals surface area contributed by atoms with Crippen LogP contribution < -0.4 is 0 Å². The molecule has 0 saturated heterocycles. The number of phenols is 1. The monoisotopic (exact) mass is 263 g/mol. The molecule has 0 unspecified atom stereocenters. The summed E-state index contributed by atoms with van der Waals surface area (Å²) in [7, 11) is 0. The number of carboxylic acids is 1. The Morgan fingerprint density at radius 3 is 2.79 bits per heavy atom. The zero-order valence-corrected chi connectivity index (χ0v) is 11.1. The third-order valence-corrected chi connectivity index (χ3v) is 3.40. The Kier molecular flexibility index (Phi) is 4.80. The van der Waals surface area contributed by atoms with Gasteiger partial charge in [0.25, 0.3) is 0 Å². The molecule has 4 heteroatoms. The fraction of sp³-hybridized carbons (Fsp3) is 0.533. The smallest absolute Gasteiger partial charge is 0.303 e. The molecule has 0 radical (unpaired) electrons. The number of hydrogen-bond donors (Lipinski definition) is 2. The summed E-state index contributed by atoms with van der Waals surface area (Å²) in [5.41, 5.74) is 1.08. The molecular formula is C15H21NO3. The van der Waals surface area contributed by atoms with E-state index in [1.807, 2.05) is 12.1 Å². The van der Waals surface area contributed by atoms with E-state index >= 15 is 0 Å². The average Bonchev–Trinajstić information content (AvgIpc) is 3.12. The Bertz CT molecular complexity index is 429. The fourth-order valence-corrected chi connectivity index (χ4v) is 2.27. The Morgan fingerprint density at radius 1 is 1.37 bits per heavy atom. The summed E-state index contributed by atoms with van der Waals surface area (Å²) in [6.45, 7) is 2.62. The first-order chi connectivity index (χ1) is 9.13. The highest BCUT2D eigenvalue weighted by atomic mass is 16.4. The van der Waals surface area contributed by atoms with Crippen molar-refractivity contribution in [2.75, 3.05) is 13.1 Å². The predicted octanol–water partition coefficient (Wildman–Crippen LogP) is 2.47. The van der Waals surface area contributed by atoms with E-state index in [-0.39, 0.29) is 12.2 Å². The van der Waals surface area contributed by atoms with Crippen LogP contribution in [0.4, 0.5) is 0 Å². The van der Waals surface area contributed by atoms with Gasteiger partial charge in [-0.3, -0.25) is 9.69 Å². The summed E-state index contributed by atoms with van der Waals surface area (Å²) < 4.78 is 0. The number of phenolic OH excluding ortho intramolecular Hbond substituents is 1. The first kappa shape index (κ1) is 13.9. The quantitative estimate of drug-likeness (QED) is 0.756. The molecular weight excluding hydrogens is 242 g/mol. The highest BCUT2D eigenvalue weighted by molar-refractivity contribution is 5.66. The van der Waals surface area contributed by atoms with Crippen molar-refractivity contribution in [3.63, 3.8) is 0 Å². The van der Waals surface area contributed by atoms with Crippen LogP contribution >= 0.6 is 0 Å². The number of aromatic hydroxyl groups is 1. The lowest BCUT2D eigenvalue weighted by Crippen LogP contribution is -2.27. The van der Waals surface area contributed by atoms with Crippen LogP contribution in [-0.4, -0.2) is 34.2 Å². The molecule has 1 aromatic carbocycles. The minimum absolute atomic E-state index is 0.223. The fourth-order valence-electron chi connectivity index (χ4n) is 2.27. The number of aliphatic carboxylic acids is 1. The lowest BCUT2D eigenvalue weighted by molar-refractivity contribution is -0.137. The van der Waals surface area contributed by atoms with E-state index in [0.717, 1.165) is 31.1 Å². The first-order valence-electron chi connectivity index (χ1n) is 6.85. The standard InChI is InChI=1S/C15H21NO3/c17-14-4-1-3-13(9-14)11-16(10-12-6-7-12)8-2-5-15(18)19/h1,3-4,9,12,17H,2,5-8,10-11H2,(H,18,19). The van der Waals surface area contributed by atoms with Crippen LogP contribution in [0.2, 0.25) is 0 Å². The van der Waals surface area contributed by atoms with Gasteiger partial charge in [-0.2, -0.15) is 0 Å². The average molecular weight is 263 g/mol. The van der Waals surface area contributed by atoms with Crippen molar-refractivity contribution < 1.29 is 15.0 Å². The molecule has 0 aliphatic heterocycles. The van der Waals surface area contributed by atoms with Gasteiger partial charge in [-0.15, -0.1) is 0 Å². The van der Waals surface area contributed by atoms with Crippen LogP contribution in [0.15, 0.2) is 24.3 Å². The number of benzene rings is 1. The van der Waals surface area contributed by atoms with Crippen LogP contribution in [0, 0.1) is 5.92 Å². The van der Waals surface area contributed by atoms with E-state index < -0.39 is 5.97 Å². The van der Waals surface area contributed by atoms with Gasteiger partial charge in [-0.05, 0) is 49.4 Å². The van der Waals surface area contributed by atoms with Crippen molar-refractivity contribution in [1.29, 1.82) is 0 Å². The third-order valence-electron chi connectivity index (χ3n) is 3.40. The van der Waals surface area contributed by atoms with Crippen LogP contribution in [-0.2, 0) is 11.3 Å². The lowest BCUT2D eigenvalue weighted by Gasteiger charge is -2.22. The molecule has 4 nitrogen and oxygen atoms in total. The molecule has 0 atom stereocenters. The molecule has 1 aliphatic carbocycles. The molecule has 0 aromatic heterocycles. The molecule has 1 aliphatic rings. The maximum atomic E-state index is 10.6. The van der Waals surface area contributed by atoms with Crippen molar-refractivity contribution >= 4 is 5.97 Å². The van der Waals surface area contributed by atoms with E-state index in [4.69, 9.17) is 5.11 Å². The molecule has 1 fully saturated rings. The predicted molar refractivity (Wildman–Crippen MR) is 73.0 cm³/mol. The first-order valence-corrected chi connectivity index (χ1v) is 6.85. The second-order valence-electron chi connectivity index (χ2n) is 5.35. The molecule has 1 saturated carbocycles. The third kappa shape index (κ3) is 5.30. The van der Waals surface area contributed by atoms with Crippen molar-refractivity contribution in [3.05, 3.63) is 29.8 Å². The Morgan fingerprint density at radius 2 is 2.16 bits per heavy atom. The zero-order chi connectivity index (χ0) is 13.7. The van der Waals surface area contributed by atoms with Gasteiger partial charge < -0.3 is 10.2 Å². The summed E-state index contributed by atoms with van der Waals surface area (Å²) in [5, 5.41) is 18.2. The highest BCUT2D eigenvalue weighted by Crippen LogP contribution is 2.30. The lowest BCUT2D eigenvalue weighted by atomic mass is 10.2. The van der Waals surface area contributed by atoms with Crippen LogP contribution in [0.5, 0.6) is 5.75 Å². The zero-order valence-electron chi connectivity index (χ0n) is 11.1. The van der Waals surface area contributed by atoms with Crippen LogP contribution in [0.1, 0.15) is 31.2 Å². The maximum Gasteiger partial charge on any atom is 0.303 e. The number of hydrogen-bond acceptors (Lipinski definition) is 3. The molecule has 104 valence electrons. The van der Waals surface area contributed by atoms with E-state index in [1.54, 1.807) is 12.1 Å². The Labute approximate surface area is 113 Å². The summed E-state index contributed by atoms with van der Waals surface area (Å²) >= 11 is 0. The topological polar surface area (TPSA) is 60.8 Å². The largest absolute Gasteiger partial charge is 0.508 e. The van der Waals surface area contributed by atoms with Crippen molar-refractivity contribution in [3.8, 4) is 5.75 Å². The molecule has 2 N–H and O–H groups in total. The number of carbonyl (C=O) groups is 1. The van der Waals surface area contributed by atoms with E-state index in [1.165, 1.54) is 12.8 Å². The van der Waals surface area contributed by atoms with Gasteiger partial charge >= 0.3 is 5.97 Å². The van der Waals surface area contributed by atoms with E-state index in [2.05, 4.69) is 4.90 Å². The van der Waals surface area contributed by atoms with Gasteiger partial charge in [0.2, 0.25) is 0 Å². The van der Waals surface area contributed by atoms with Gasteiger partial charge in [0.05, 0.1) is 0 Å². The van der Waals surface area contributed by atoms with E-state index in [9.17, 15) is 9.90 Å². The molecule has 0 amide bonds. The summed E-state index contributed by atoms with van der Waals surface area (Å²) in [4.78, 5) is 12.9. The van der Waals surface area contributed by atoms with Crippen molar-refractivity contribution in [2.24, 2.45) is 5.92 Å². The van der Waals surface area contributed by atoms with Crippen molar-refractivity contribution in [2.45, 2.75) is 32.2 Å². The second-order valence-corrected chi connectivity index (χ2v) is 5.35. The van der Waals surface area contributed by atoms with Gasteiger partial charge in [0.15, 0.2) is 0 Å². The summed E-state index contributed by atoms with van der Waals surface area (Å²) in [6.07, 6.45) is 3.48. The minimum atomic E-state index is -0.733. The summed E-state index contributed by atoms with van der Waals surface area (Å²) in [5.74, 6) is 0.334. The normalized spacial score (nSPS) is 14.8. The number of carboxylic acid groups (broad SMARTS) is 1. The SMILES string of the molecule is O=C(O)CCCN(Cc1cccc(O)c1)CC1CC1. The number of nitrogens with zero attached hydrogens (tertiary/aromatic N) is 1. The Balaban J connectivity index is 1.86. The molecule has 0 bridgehead atoms. The van der Waals surface area contributed by atoms with Crippen LogP contribution in [0.3, 0.4) is 0 Å². The Hall–Kier alpha value is -1.55. The maximum absolute atomic E-state index is 10.6. The molecule has 0 spiro atoms. The molecule has 1 aromatic rings. The van der Waals surface area contributed by atoms with Crippen LogP contribution in [0.25, 0.3) is 0 Å². The van der Waals surface area contributed by atoms with Crippen molar-refractivity contribution in [1.82, 2.24) is 4.90 Å². The second kappa shape index (κ2) is 6.57. The minimum Gasteiger partial charge on any atom is -0.508 e. The molecule has 19 heavy (non-hydrogen) atoms. The van der Waals surface area contributed by atoms with E-state index in [0.29, 0.717) is 6.42 Å². The van der Waals surface area contributed by atoms with Gasteiger partial charge in [-0.1, -0.05) is 12.1 Å². The number of rotatable bonds is 8. The summed E-state index contributed by atoms with van der Waals surface area (Å²) in [6, 6.07) is 7.28.